The number of hydrogen-bond donors (Lipinski definition) is 1. The average molecular weight is 269 g/mol. The lowest BCUT2D eigenvalue weighted by molar-refractivity contribution is 0.295. The first kappa shape index (κ1) is 14.7. The second-order valence-electron chi connectivity index (χ2n) is 6.39. The molecule has 2 heteroatoms. The third-order valence-electron chi connectivity index (χ3n) is 4.99. The van der Waals surface area contributed by atoms with E-state index in [1.165, 1.54) is 63.5 Å². The molecule has 0 aliphatic heterocycles. The highest BCUT2D eigenvalue weighted by Crippen LogP contribution is 2.37. The van der Waals surface area contributed by atoms with Crippen LogP contribution in [0.3, 0.4) is 0 Å². The van der Waals surface area contributed by atoms with Gasteiger partial charge < -0.3 is 5.32 Å². The summed E-state index contributed by atoms with van der Waals surface area (Å²) in [5.74, 6) is 3.49. The number of rotatable bonds is 6. The molecule has 0 amide bonds. The second-order valence-corrected chi connectivity index (χ2v) is 7.66. The lowest BCUT2D eigenvalue weighted by atomic mass is 9.83. The van der Waals surface area contributed by atoms with Crippen LogP contribution in [0.25, 0.3) is 0 Å². The van der Waals surface area contributed by atoms with Gasteiger partial charge in [-0.1, -0.05) is 32.6 Å². The maximum atomic E-state index is 3.57. The summed E-state index contributed by atoms with van der Waals surface area (Å²) < 4.78 is 0. The van der Waals surface area contributed by atoms with Gasteiger partial charge in [0, 0.05) is 11.3 Å². The van der Waals surface area contributed by atoms with E-state index < -0.39 is 0 Å². The van der Waals surface area contributed by atoms with Crippen molar-refractivity contribution in [3.05, 3.63) is 0 Å². The van der Waals surface area contributed by atoms with Gasteiger partial charge in [-0.15, -0.1) is 0 Å². The number of thioether (sulfide) groups is 1. The van der Waals surface area contributed by atoms with Crippen LogP contribution in [0.1, 0.15) is 64.7 Å². The molecule has 2 saturated carbocycles. The van der Waals surface area contributed by atoms with E-state index in [0.29, 0.717) is 0 Å². The summed E-state index contributed by atoms with van der Waals surface area (Å²) in [6.45, 7) is 2.34. The Morgan fingerprint density at radius 2 is 1.83 bits per heavy atom. The summed E-state index contributed by atoms with van der Waals surface area (Å²) in [5, 5.41) is 4.46. The molecule has 3 atom stereocenters. The highest BCUT2D eigenvalue weighted by molar-refractivity contribution is 7.99. The van der Waals surface area contributed by atoms with Gasteiger partial charge in [-0.3, -0.25) is 0 Å². The van der Waals surface area contributed by atoms with Crippen LogP contribution in [0.5, 0.6) is 0 Å². The van der Waals surface area contributed by atoms with E-state index in [4.69, 9.17) is 0 Å². The minimum Gasteiger partial charge on any atom is -0.316 e. The molecule has 1 nitrogen and oxygen atoms in total. The molecule has 2 rings (SSSR count). The van der Waals surface area contributed by atoms with Gasteiger partial charge in [0.05, 0.1) is 0 Å². The first-order chi connectivity index (χ1) is 8.83. The molecule has 2 aliphatic carbocycles. The third kappa shape index (κ3) is 4.16. The van der Waals surface area contributed by atoms with Crippen molar-refractivity contribution in [3.63, 3.8) is 0 Å². The van der Waals surface area contributed by atoms with Crippen molar-refractivity contribution in [2.75, 3.05) is 12.8 Å². The summed E-state index contributed by atoms with van der Waals surface area (Å²) in [6, 6.07) is 0.782. The first-order valence-corrected chi connectivity index (χ1v) is 9.17. The summed E-state index contributed by atoms with van der Waals surface area (Å²) in [6.07, 6.45) is 13.1. The zero-order valence-corrected chi connectivity index (χ0v) is 13.1. The van der Waals surface area contributed by atoms with E-state index in [2.05, 4.69) is 31.1 Å². The Morgan fingerprint density at radius 3 is 2.50 bits per heavy atom. The lowest BCUT2D eigenvalue weighted by Gasteiger charge is -2.36. The van der Waals surface area contributed by atoms with E-state index in [-0.39, 0.29) is 0 Å². The van der Waals surface area contributed by atoms with Crippen molar-refractivity contribution >= 4 is 11.8 Å². The van der Waals surface area contributed by atoms with Crippen molar-refractivity contribution in [2.45, 2.75) is 76.0 Å². The second kappa shape index (κ2) is 7.79. The van der Waals surface area contributed by atoms with Crippen LogP contribution in [0.4, 0.5) is 0 Å². The van der Waals surface area contributed by atoms with Crippen LogP contribution >= 0.6 is 11.8 Å². The molecular weight excluding hydrogens is 238 g/mol. The number of nitrogens with one attached hydrogen (secondary N) is 1. The van der Waals surface area contributed by atoms with Crippen molar-refractivity contribution in [1.29, 1.82) is 0 Å². The van der Waals surface area contributed by atoms with Crippen molar-refractivity contribution in [3.8, 4) is 0 Å². The fraction of sp³-hybridized carbons (Fsp3) is 1.00. The molecule has 0 saturated heterocycles. The molecule has 3 unspecified atom stereocenters. The van der Waals surface area contributed by atoms with Crippen LogP contribution in [0.15, 0.2) is 0 Å². The normalized spacial score (nSPS) is 34.0. The monoisotopic (exact) mass is 269 g/mol. The van der Waals surface area contributed by atoms with E-state index in [0.717, 1.165) is 23.1 Å². The molecule has 0 aromatic rings. The Balaban J connectivity index is 1.77. The summed E-state index contributed by atoms with van der Waals surface area (Å²) >= 11 is 2.29. The largest absolute Gasteiger partial charge is 0.316 e. The predicted molar refractivity (Wildman–Crippen MR) is 83.3 cm³/mol. The van der Waals surface area contributed by atoms with Gasteiger partial charge in [-0.25, -0.2) is 0 Å². The molecule has 18 heavy (non-hydrogen) atoms. The van der Waals surface area contributed by atoms with E-state index in [1.54, 1.807) is 0 Å². The van der Waals surface area contributed by atoms with Gasteiger partial charge in [0.1, 0.15) is 0 Å². The van der Waals surface area contributed by atoms with Gasteiger partial charge in [0.15, 0.2) is 0 Å². The Labute approximate surface area is 118 Å². The van der Waals surface area contributed by atoms with Crippen LogP contribution in [0, 0.1) is 11.8 Å². The molecule has 0 aromatic heterocycles. The van der Waals surface area contributed by atoms with Gasteiger partial charge in [-0.2, -0.15) is 11.8 Å². The zero-order chi connectivity index (χ0) is 12.8. The molecule has 0 spiro atoms. The first-order valence-electron chi connectivity index (χ1n) is 8.12. The van der Waals surface area contributed by atoms with Crippen LogP contribution < -0.4 is 5.32 Å². The summed E-state index contributed by atoms with van der Waals surface area (Å²) in [7, 11) is 2.16. The van der Waals surface area contributed by atoms with Crippen molar-refractivity contribution in [1.82, 2.24) is 5.32 Å². The maximum Gasteiger partial charge on any atom is 0.0203 e. The molecule has 2 fully saturated rings. The molecular formula is C16H31NS. The minimum atomic E-state index is 0.782. The molecule has 0 heterocycles. The van der Waals surface area contributed by atoms with Gasteiger partial charge >= 0.3 is 0 Å². The highest BCUT2D eigenvalue weighted by Gasteiger charge is 2.30. The SMILES string of the molecule is CCCC1CCC(NC)C(SCC2CCCC2)C1. The number of hydrogen-bond acceptors (Lipinski definition) is 2. The van der Waals surface area contributed by atoms with E-state index in [1.807, 2.05) is 0 Å². The van der Waals surface area contributed by atoms with Crippen molar-refractivity contribution in [2.24, 2.45) is 11.8 Å². The van der Waals surface area contributed by atoms with E-state index in [9.17, 15) is 0 Å². The van der Waals surface area contributed by atoms with Gasteiger partial charge in [0.2, 0.25) is 0 Å². The fourth-order valence-electron chi connectivity index (χ4n) is 3.83. The van der Waals surface area contributed by atoms with Gasteiger partial charge in [-0.05, 0) is 56.7 Å². The minimum absolute atomic E-state index is 0.782. The van der Waals surface area contributed by atoms with Crippen LogP contribution in [-0.4, -0.2) is 24.1 Å². The smallest absolute Gasteiger partial charge is 0.0203 e. The van der Waals surface area contributed by atoms with Crippen molar-refractivity contribution < 1.29 is 0 Å². The molecule has 2 aliphatic rings. The summed E-state index contributed by atoms with van der Waals surface area (Å²) in [5.41, 5.74) is 0. The lowest BCUT2D eigenvalue weighted by Crippen LogP contribution is -2.41. The highest BCUT2D eigenvalue weighted by atomic mass is 32.2. The fourth-order valence-corrected chi connectivity index (χ4v) is 5.60. The standard InChI is InChI=1S/C16H31NS/c1-3-6-13-9-10-15(17-2)16(11-13)18-12-14-7-4-5-8-14/h13-17H,3-12H2,1-2H3. The Bertz CT molecular complexity index is 225. The average Bonchev–Trinajstić information content (AvgIpc) is 2.90. The summed E-state index contributed by atoms with van der Waals surface area (Å²) in [4.78, 5) is 0. The molecule has 1 N–H and O–H groups in total. The quantitative estimate of drug-likeness (QED) is 0.763. The maximum absolute atomic E-state index is 3.57. The molecule has 0 aromatic carbocycles. The van der Waals surface area contributed by atoms with Crippen LogP contribution in [0.2, 0.25) is 0 Å². The molecule has 106 valence electrons. The van der Waals surface area contributed by atoms with Gasteiger partial charge in [0.25, 0.3) is 0 Å². The topological polar surface area (TPSA) is 12.0 Å². The Morgan fingerprint density at radius 1 is 1.06 bits per heavy atom. The predicted octanol–water partition coefficient (Wildman–Crippen LogP) is 4.47. The Kier molecular flexibility index (Phi) is 6.37. The molecule has 0 bridgehead atoms. The zero-order valence-electron chi connectivity index (χ0n) is 12.3. The third-order valence-corrected chi connectivity index (χ3v) is 6.60. The van der Waals surface area contributed by atoms with Crippen LogP contribution in [-0.2, 0) is 0 Å². The molecule has 0 radical (unpaired) electrons. The van der Waals surface area contributed by atoms with E-state index >= 15 is 0 Å². The Hall–Kier alpha value is 0.310.